The van der Waals surface area contributed by atoms with Gasteiger partial charge in [-0.1, -0.05) is 6.07 Å². The Hall–Kier alpha value is -1.87. The zero-order valence-corrected chi connectivity index (χ0v) is 21.7. The molecule has 2 saturated heterocycles. The van der Waals surface area contributed by atoms with Crippen LogP contribution in [0.1, 0.15) is 22.2 Å². The molecule has 0 bridgehead atoms. The molecule has 1 amide bonds. The molecule has 3 aliphatic heterocycles. The first-order valence-corrected chi connectivity index (χ1v) is 15.2. The van der Waals surface area contributed by atoms with Crippen molar-refractivity contribution in [2.75, 3.05) is 57.5 Å². The highest BCUT2D eigenvalue weighted by Gasteiger charge is 2.36. The number of amides is 1. The molecule has 2 fully saturated rings. The molecule has 190 valence electrons. The van der Waals surface area contributed by atoms with Gasteiger partial charge < -0.3 is 14.4 Å². The van der Waals surface area contributed by atoms with E-state index in [0.29, 0.717) is 38.5 Å². The molecular formula is C22H27N3O7S3. The molecule has 1 atom stereocenters. The molecule has 5 rings (SSSR count). The van der Waals surface area contributed by atoms with E-state index in [1.807, 2.05) is 6.92 Å². The Morgan fingerprint density at radius 2 is 1.46 bits per heavy atom. The summed E-state index contributed by atoms with van der Waals surface area (Å²) in [5.74, 6) is -0.342. The molecule has 35 heavy (non-hydrogen) atoms. The lowest BCUT2D eigenvalue weighted by molar-refractivity contribution is 0.0730. The van der Waals surface area contributed by atoms with Crippen molar-refractivity contribution in [3.63, 3.8) is 0 Å². The maximum absolute atomic E-state index is 13.5. The van der Waals surface area contributed by atoms with Gasteiger partial charge in [-0.2, -0.15) is 8.61 Å². The molecular weight excluding hydrogens is 514 g/mol. The maximum Gasteiger partial charge on any atom is 0.268 e. The summed E-state index contributed by atoms with van der Waals surface area (Å²) >= 11 is 1.08. The average Bonchev–Trinajstić information content (AvgIpc) is 3.49. The number of morpholine rings is 2. The number of ether oxygens (including phenoxy) is 2. The van der Waals surface area contributed by atoms with E-state index in [9.17, 15) is 21.6 Å². The monoisotopic (exact) mass is 541 g/mol. The van der Waals surface area contributed by atoms with Gasteiger partial charge >= 0.3 is 0 Å². The molecule has 0 N–H and O–H groups in total. The van der Waals surface area contributed by atoms with E-state index in [-0.39, 0.29) is 52.8 Å². The molecule has 0 spiro atoms. The van der Waals surface area contributed by atoms with Gasteiger partial charge in [0.05, 0.1) is 41.1 Å². The van der Waals surface area contributed by atoms with Gasteiger partial charge in [-0.15, -0.1) is 11.3 Å². The van der Waals surface area contributed by atoms with Crippen LogP contribution in [0.4, 0.5) is 5.69 Å². The fourth-order valence-electron chi connectivity index (χ4n) is 4.61. The van der Waals surface area contributed by atoms with Crippen LogP contribution in [-0.2, 0) is 35.9 Å². The Kier molecular flexibility index (Phi) is 6.76. The normalized spacial score (nSPS) is 22.3. The van der Waals surface area contributed by atoms with Crippen molar-refractivity contribution >= 4 is 43.0 Å². The predicted molar refractivity (Wildman–Crippen MR) is 130 cm³/mol. The van der Waals surface area contributed by atoms with Gasteiger partial charge in [-0.3, -0.25) is 4.79 Å². The fourth-order valence-corrected chi connectivity index (χ4v) is 8.65. The van der Waals surface area contributed by atoms with Crippen molar-refractivity contribution in [2.24, 2.45) is 0 Å². The van der Waals surface area contributed by atoms with Gasteiger partial charge in [-0.05, 0) is 37.1 Å². The number of carbonyl (C=O) groups is 1. The van der Waals surface area contributed by atoms with E-state index in [0.717, 1.165) is 16.9 Å². The first-order valence-electron chi connectivity index (χ1n) is 11.4. The number of rotatable bonds is 5. The van der Waals surface area contributed by atoms with Crippen LogP contribution < -0.4 is 4.90 Å². The van der Waals surface area contributed by atoms with E-state index in [2.05, 4.69) is 0 Å². The summed E-state index contributed by atoms with van der Waals surface area (Å²) in [5, 5.41) is 1.49. The van der Waals surface area contributed by atoms with Crippen LogP contribution in [0.25, 0.3) is 0 Å². The zero-order valence-electron chi connectivity index (χ0n) is 19.3. The van der Waals surface area contributed by atoms with E-state index >= 15 is 0 Å². The first kappa shape index (κ1) is 24.8. The largest absolute Gasteiger partial charge is 0.379 e. The van der Waals surface area contributed by atoms with Crippen molar-refractivity contribution in [3.05, 3.63) is 40.1 Å². The fraction of sp³-hybridized carbons (Fsp3) is 0.500. The van der Waals surface area contributed by atoms with Gasteiger partial charge in [-0.25, -0.2) is 16.8 Å². The molecule has 2 aromatic rings. The number of anilines is 1. The highest BCUT2D eigenvalue weighted by Crippen LogP contribution is 2.37. The molecule has 0 radical (unpaired) electrons. The Morgan fingerprint density at radius 1 is 0.886 bits per heavy atom. The molecule has 0 saturated carbocycles. The van der Waals surface area contributed by atoms with Crippen molar-refractivity contribution in [1.82, 2.24) is 8.61 Å². The van der Waals surface area contributed by atoms with Crippen LogP contribution in [0, 0.1) is 0 Å². The topological polar surface area (TPSA) is 114 Å². The van der Waals surface area contributed by atoms with Crippen LogP contribution >= 0.6 is 11.3 Å². The molecule has 1 aromatic carbocycles. The minimum atomic E-state index is -3.72. The van der Waals surface area contributed by atoms with E-state index in [1.54, 1.807) is 23.1 Å². The molecule has 4 heterocycles. The summed E-state index contributed by atoms with van der Waals surface area (Å²) < 4.78 is 65.6. The van der Waals surface area contributed by atoms with E-state index in [1.165, 1.54) is 20.1 Å². The Labute approximate surface area is 209 Å². The summed E-state index contributed by atoms with van der Waals surface area (Å²) in [7, 11) is -7.43. The van der Waals surface area contributed by atoms with Gasteiger partial charge in [0.25, 0.3) is 5.91 Å². The second-order valence-corrected chi connectivity index (χ2v) is 13.5. The highest BCUT2D eigenvalue weighted by atomic mass is 32.2. The van der Waals surface area contributed by atoms with Gasteiger partial charge in [0.2, 0.25) is 20.0 Å². The molecule has 0 aliphatic carbocycles. The van der Waals surface area contributed by atoms with Crippen LogP contribution in [0.2, 0.25) is 0 Å². The quantitative estimate of drug-likeness (QED) is 0.562. The van der Waals surface area contributed by atoms with Gasteiger partial charge in [0.1, 0.15) is 0 Å². The summed E-state index contributed by atoms with van der Waals surface area (Å²) in [6.45, 7) is 4.39. The number of hydrogen-bond acceptors (Lipinski definition) is 8. The van der Waals surface area contributed by atoms with Gasteiger partial charge in [0, 0.05) is 43.3 Å². The van der Waals surface area contributed by atoms with E-state index in [4.69, 9.17) is 9.47 Å². The Balaban J connectivity index is 1.43. The zero-order chi connectivity index (χ0) is 24.8. The van der Waals surface area contributed by atoms with Crippen LogP contribution in [-0.4, -0.2) is 90.0 Å². The van der Waals surface area contributed by atoms with Crippen molar-refractivity contribution < 1.29 is 31.1 Å². The summed E-state index contributed by atoms with van der Waals surface area (Å²) in [6.07, 6.45) is 0.587. The lowest BCUT2D eigenvalue weighted by Crippen LogP contribution is -2.40. The second-order valence-electron chi connectivity index (χ2n) is 8.70. The lowest BCUT2D eigenvalue weighted by atomic mass is 10.1. The molecule has 10 nitrogen and oxygen atoms in total. The van der Waals surface area contributed by atoms with Crippen LogP contribution in [0.3, 0.4) is 0 Å². The number of hydrogen-bond donors (Lipinski definition) is 0. The minimum absolute atomic E-state index is 0.0865. The smallest absolute Gasteiger partial charge is 0.268 e. The van der Waals surface area contributed by atoms with Crippen molar-refractivity contribution in [2.45, 2.75) is 29.2 Å². The van der Waals surface area contributed by atoms with E-state index < -0.39 is 20.0 Å². The maximum atomic E-state index is 13.5. The predicted octanol–water partition coefficient (Wildman–Crippen LogP) is 1.38. The highest BCUT2D eigenvalue weighted by molar-refractivity contribution is 7.89. The average molecular weight is 542 g/mol. The second kappa shape index (κ2) is 9.54. The number of carbonyl (C=O) groups excluding carboxylic acids is 1. The third-order valence-corrected chi connectivity index (χ3v) is 11.3. The summed E-state index contributed by atoms with van der Waals surface area (Å²) in [4.78, 5) is 15.6. The van der Waals surface area contributed by atoms with Crippen LogP contribution in [0.15, 0.2) is 39.4 Å². The Morgan fingerprint density at radius 3 is 2.06 bits per heavy atom. The van der Waals surface area contributed by atoms with Crippen molar-refractivity contribution in [3.8, 4) is 0 Å². The number of fused-ring (bicyclic) bond motifs is 1. The van der Waals surface area contributed by atoms with Crippen molar-refractivity contribution in [1.29, 1.82) is 0 Å². The number of sulfonamides is 2. The summed E-state index contributed by atoms with van der Waals surface area (Å²) in [5.41, 5.74) is 1.42. The summed E-state index contributed by atoms with van der Waals surface area (Å²) in [6, 6.07) is 6.12. The standard InChI is InChI=1S/C22H27N3O7S3/c1-16-12-17-2-3-18(34(27,28)23-4-8-31-9-5-23)13-20(17)25(16)22(26)21-14-19(15-33-21)35(29,30)24-6-10-32-11-7-24/h2-3,13-16H,4-12H2,1H3. The minimum Gasteiger partial charge on any atom is -0.379 e. The van der Waals surface area contributed by atoms with Crippen LogP contribution in [0.5, 0.6) is 0 Å². The SMILES string of the molecule is CC1Cc2ccc(S(=O)(=O)N3CCOCC3)cc2N1C(=O)c1cc(S(=O)(=O)N2CCOCC2)cs1. The number of nitrogens with zero attached hydrogens (tertiary/aromatic N) is 3. The molecule has 1 aromatic heterocycles. The molecule has 3 aliphatic rings. The molecule has 1 unspecified atom stereocenters. The number of thiophene rings is 1. The number of benzene rings is 1. The third kappa shape index (κ3) is 4.54. The Bertz CT molecular complexity index is 1330. The molecule has 13 heteroatoms. The van der Waals surface area contributed by atoms with Gasteiger partial charge in [0.15, 0.2) is 0 Å². The third-order valence-electron chi connectivity index (χ3n) is 6.49. The lowest BCUT2D eigenvalue weighted by Gasteiger charge is -2.27. The first-order chi connectivity index (χ1) is 16.7.